The van der Waals surface area contributed by atoms with Crippen molar-refractivity contribution in [1.82, 2.24) is 9.03 Å². The Morgan fingerprint density at radius 3 is 2.53 bits per heavy atom. The Labute approximate surface area is 116 Å². The highest BCUT2D eigenvalue weighted by atomic mass is 32.2. The van der Waals surface area contributed by atoms with Gasteiger partial charge >= 0.3 is 0 Å². The van der Waals surface area contributed by atoms with Crippen LogP contribution in [0.15, 0.2) is 0 Å². The fourth-order valence-electron chi connectivity index (χ4n) is 2.96. The van der Waals surface area contributed by atoms with E-state index in [-0.39, 0.29) is 12.1 Å². The predicted molar refractivity (Wildman–Crippen MR) is 75.1 cm³/mol. The zero-order chi connectivity index (χ0) is 13.7. The fraction of sp³-hybridized carbons (Fsp3) is 1.00. The molecule has 1 saturated carbocycles. The lowest BCUT2D eigenvalue weighted by molar-refractivity contribution is 0.105. The second-order valence-corrected chi connectivity index (χ2v) is 7.45. The zero-order valence-corrected chi connectivity index (χ0v) is 12.6. The van der Waals surface area contributed by atoms with Crippen molar-refractivity contribution in [3.8, 4) is 0 Å². The van der Waals surface area contributed by atoms with Gasteiger partial charge in [-0.25, -0.2) is 4.72 Å². The van der Waals surface area contributed by atoms with Crippen molar-refractivity contribution >= 4 is 10.2 Å². The van der Waals surface area contributed by atoms with Crippen LogP contribution in [0.5, 0.6) is 0 Å². The first-order valence-corrected chi connectivity index (χ1v) is 8.88. The molecule has 2 fully saturated rings. The average Bonchev–Trinajstić information content (AvgIpc) is 2.92. The van der Waals surface area contributed by atoms with Gasteiger partial charge in [0.25, 0.3) is 10.2 Å². The molecule has 0 aromatic carbocycles. The smallest absolute Gasteiger partial charge is 0.279 e. The topological polar surface area (TPSA) is 58.6 Å². The maximum absolute atomic E-state index is 12.2. The molecule has 0 amide bonds. The van der Waals surface area contributed by atoms with Gasteiger partial charge in [0.2, 0.25) is 0 Å². The average molecular weight is 290 g/mol. The molecule has 0 aromatic heterocycles. The van der Waals surface area contributed by atoms with Gasteiger partial charge in [-0.15, -0.1) is 0 Å². The first-order valence-electron chi connectivity index (χ1n) is 7.44. The highest BCUT2D eigenvalue weighted by Crippen LogP contribution is 2.23. The van der Waals surface area contributed by atoms with E-state index in [9.17, 15) is 8.42 Å². The summed E-state index contributed by atoms with van der Waals surface area (Å²) in [7, 11) is -1.63. The Morgan fingerprint density at radius 1 is 1.16 bits per heavy atom. The van der Waals surface area contributed by atoms with Crippen molar-refractivity contribution in [2.45, 2.75) is 63.5 Å². The third-order valence-corrected chi connectivity index (χ3v) is 5.87. The van der Waals surface area contributed by atoms with Crippen LogP contribution in [0.1, 0.15) is 51.4 Å². The Bertz CT molecular complexity index is 360. The molecular weight excluding hydrogens is 264 g/mol. The normalized spacial score (nSPS) is 26.1. The lowest BCUT2D eigenvalue weighted by atomic mass is 9.96. The van der Waals surface area contributed by atoms with Crippen LogP contribution in [0.25, 0.3) is 0 Å². The van der Waals surface area contributed by atoms with Crippen molar-refractivity contribution in [3.05, 3.63) is 0 Å². The third-order valence-electron chi connectivity index (χ3n) is 4.24. The number of ether oxygens (including phenoxy) is 1. The van der Waals surface area contributed by atoms with Crippen LogP contribution in [0.4, 0.5) is 0 Å². The van der Waals surface area contributed by atoms with Gasteiger partial charge in [0.1, 0.15) is 0 Å². The Morgan fingerprint density at radius 2 is 1.89 bits per heavy atom. The minimum atomic E-state index is -3.32. The van der Waals surface area contributed by atoms with Crippen LogP contribution in [0.2, 0.25) is 0 Å². The molecule has 1 N–H and O–H groups in total. The molecule has 1 atom stereocenters. The highest BCUT2D eigenvalue weighted by molar-refractivity contribution is 7.87. The number of hydrogen-bond acceptors (Lipinski definition) is 3. The summed E-state index contributed by atoms with van der Waals surface area (Å²) in [5, 5.41) is 0. The van der Waals surface area contributed by atoms with Crippen molar-refractivity contribution in [3.63, 3.8) is 0 Å². The Kier molecular flexibility index (Phi) is 5.62. The summed E-state index contributed by atoms with van der Waals surface area (Å²) in [5.41, 5.74) is 0. The minimum Gasteiger partial charge on any atom is -0.378 e. The maximum Gasteiger partial charge on any atom is 0.279 e. The Balaban J connectivity index is 1.76. The van der Waals surface area contributed by atoms with Crippen molar-refractivity contribution in [2.24, 2.45) is 0 Å². The van der Waals surface area contributed by atoms with Crippen molar-refractivity contribution in [2.75, 3.05) is 20.2 Å². The molecule has 0 aromatic rings. The van der Waals surface area contributed by atoms with E-state index in [1.807, 2.05) is 0 Å². The Hall–Kier alpha value is -0.170. The quantitative estimate of drug-likeness (QED) is 0.809. The SMILES string of the molecule is CN(C1CCCCC1)S(=O)(=O)NCC[C@@H]1CCCO1. The number of nitrogens with one attached hydrogen (secondary N) is 1. The van der Waals surface area contributed by atoms with Gasteiger partial charge in [-0.2, -0.15) is 12.7 Å². The lowest BCUT2D eigenvalue weighted by Crippen LogP contribution is -2.45. The molecule has 0 bridgehead atoms. The van der Waals surface area contributed by atoms with Gasteiger partial charge in [-0.05, 0) is 32.1 Å². The number of hydrogen-bond donors (Lipinski definition) is 1. The molecule has 112 valence electrons. The molecule has 2 aliphatic rings. The monoisotopic (exact) mass is 290 g/mol. The predicted octanol–water partition coefficient (Wildman–Crippen LogP) is 1.65. The highest BCUT2D eigenvalue weighted by Gasteiger charge is 2.27. The zero-order valence-electron chi connectivity index (χ0n) is 11.8. The van der Waals surface area contributed by atoms with Crippen LogP contribution in [0, 0.1) is 0 Å². The molecule has 1 aliphatic heterocycles. The number of nitrogens with zero attached hydrogens (tertiary/aromatic N) is 1. The lowest BCUT2D eigenvalue weighted by Gasteiger charge is -2.30. The molecular formula is C13H26N2O3S. The summed E-state index contributed by atoms with van der Waals surface area (Å²) < 4.78 is 34.1. The number of rotatable bonds is 6. The molecule has 1 saturated heterocycles. The van der Waals surface area contributed by atoms with E-state index in [4.69, 9.17) is 4.74 Å². The summed E-state index contributed by atoms with van der Waals surface area (Å²) in [6.07, 6.45) is 8.66. The molecule has 2 rings (SSSR count). The van der Waals surface area contributed by atoms with Gasteiger partial charge in [0.15, 0.2) is 0 Å². The summed E-state index contributed by atoms with van der Waals surface area (Å²) in [6.45, 7) is 1.30. The summed E-state index contributed by atoms with van der Waals surface area (Å²) in [6, 6.07) is 0.175. The molecule has 1 heterocycles. The van der Waals surface area contributed by atoms with Crippen molar-refractivity contribution < 1.29 is 13.2 Å². The van der Waals surface area contributed by atoms with Crippen LogP contribution < -0.4 is 4.72 Å². The molecule has 1 aliphatic carbocycles. The van der Waals surface area contributed by atoms with E-state index in [0.717, 1.165) is 51.6 Å². The van der Waals surface area contributed by atoms with Crippen LogP contribution in [0.3, 0.4) is 0 Å². The van der Waals surface area contributed by atoms with Crippen LogP contribution >= 0.6 is 0 Å². The summed E-state index contributed by atoms with van der Waals surface area (Å²) in [5.74, 6) is 0. The fourth-order valence-corrected chi connectivity index (χ4v) is 4.15. The van der Waals surface area contributed by atoms with E-state index in [1.54, 1.807) is 7.05 Å². The van der Waals surface area contributed by atoms with E-state index >= 15 is 0 Å². The second-order valence-electron chi connectivity index (χ2n) is 5.63. The third kappa shape index (κ3) is 4.41. The van der Waals surface area contributed by atoms with Crippen LogP contribution in [-0.4, -0.2) is 45.1 Å². The van der Waals surface area contributed by atoms with E-state index < -0.39 is 10.2 Å². The van der Waals surface area contributed by atoms with Gasteiger partial charge < -0.3 is 4.74 Å². The second kappa shape index (κ2) is 7.02. The van der Waals surface area contributed by atoms with E-state index in [1.165, 1.54) is 10.7 Å². The van der Waals surface area contributed by atoms with Gasteiger partial charge in [-0.3, -0.25) is 0 Å². The first kappa shape index (κ1) is 15.2. The van der Waals surface area contributed by atoms with E-state index in [2.05, 4.69) is 4.72 Å². The first-order chi connectivity index (χ1) is 9.09. The minimum absolute atomic E-state index is 0.175. The summed E-state index contributed by atoms with van der Waals surface area (Å²) in [4.78, 5) is 0. The van der Waals surface area contributed by atoms with Gasteiger partial charge in [0.05, 0.1) is 6.10 Å². The van der Waals surface area contributed by atoms with Crippen LogP contribution in [-0.2, 0) is 14.9 Å². The standard InChI is InChI=1S/C13H26N2O3S/c1-15(12-6-3-2-4-7-12)19(16,17)14-10-9-13-8-5-11-18-13/h12-14H,2-11H2,1H3/t13-/m0/s1. The molecule has 19 heavy (non-hydrogen) atoms. The molecule has 0 unspecified atom stereocenters. The van der Waals surface area contributed by atoms with Crippen molar-refractivity contribution in [1.29, 1.82) is 0 Å². The molecule has 5 nitrogen and oxygen atoms in total. The molecule has 6 heteroatoms. The largest absolute Gasteiger partial charge is 0.378 e. The summed E-state index contributed by atoms with van der Waals surface area (Å²) >= 11 is 0. The molecule has 0 radical (unpaired) electrons. The maximum atomic E-state index is 12.2. The van der Waals surface area contributed by atoms with E-state index in [0.29, 0.717) is 6.54 Å². The van der Waals surface area contributed by atoms with Gasteiger partial charge in [0, 0.05) is 26.2 Å². The van der Waals surface area contributed by atoms with Gasteiger partial charge in [-0.1, -0.05) is 19.3 Å². The molecule has 0 spiro atoms.